The molecule has 1 saturated heterocycles. The van der Waals surface area contributed by atoms with E-state index in [1.807, 2.05) is 0 Å². The maximum absolute atomic E-state index is 13.0. The van der Waals surface area contributed by atoms with Crippen molar-refractivity contribution in [3.8, 4) is 0 Å². The second-order valence-corrected chi connectivity index (χ2v) is 22.5. The molecule has 0 N–H and O–H groups in total. The van der Waals surface area contributed by atoms with E-state index < -0.39 is 18.4 Å². The van der Waals surface area contributed by atoms with Gasteiger partial charge in [0.25, 0.3) is 0 Å². The van der Waals surface area contributed by atoms with Crippen LogP contribution in [0.15, 0.2) is 30.3 Å². The van der Waals surface area contributed by atoms with E-state index in [2.05, 4.69) is 62.9 Å². The number of hydrogen-bond acceptors (Lipinski definition) is 2. The molecule has 1 fully saturated rings. The molecule has 0 aliphatic carbocycles. The first-order valence-electron chi connectivity index (χ1n) is 11.6. The second kappa shape index (κ2) is 12.1. The van der Waals surface area contributed by atoms with Crippen LogP contribution in [0.2, 0.25) is 13.3 Å². The Morgan fingerprint density at radius 2 is 1.50 bits per heavy atom. The number of rotatable bonds is 13. The van der Waals surface area contributed by atoms with Gasteiger partial charge >= 0.3 is 177 Å². The monoisotopic (exact) mass is 495 g/mol. The molecule has 0 aromatic heterocycles. The molecule has 1 aliphatic rings. The first kappa shape index (κ1) is 23.6. The molecule has 3 nitrogen and oxygen atoms in total. The first-order valence-corrected chi connectivity index (χ1v) is 19.3. The Labute approximate surface area is 177 Å². The molecule has 1 aromatic rings. The van der Waals surface area contributed by atoms with E-state index >= 15 is 0 Å². The number of hydrogen-bond donors (Lipinski definition) is 0. The van der Waals surface area contributed by atoms with Crippen molar-refractivity contribution >= 4 is 24.5 Å². The molecular formula is C24H41NO2Sn. The zero-order valence-corrected chi connectivity index (χ0v) is 21.4. The quantitative estimate of drug-likeness (QED) is 0.269. The number of ether oxygens (including phenoxy) is 1. The van der Waals surface area contributed by atoms with Gasteiger partial charge in [-0.05, 0) is 0 Å². The summed E-state index contributed by atoms with van der Waals surface area (Å²) in [5, 5.41) is 0. The number of benzene rings is 1. The van der Waals surface area contributed by atoms with Gasteiger partial charge in [0.1, 0.15) is 0 Å². The molecule has 0 radical (unpaired) electrons. The van der Waals surface area contributed by atoms with Crippen LogP contribution in [0.4, 0.5) is 4.79 Å². The average molecular weight is 494 g/mol. The van der Waals surface area contributed by atoms with Crippen molar-refractivity contribution in [2.45, 2.75) is 96.1 Å². The molecule has 28 heavy (non-hydrogen) atoms. The van der Waals surface area contributed by atoms with E-state index in [1.54, 1.807) is 0 Å². The summed E-state index contributed by atoms with van der Waals surface area (Å²) in [4.78, 5) is 15.2. The van der Waals surface area contributed by atoms with Gasteiger partial charge in [-0.2, -0.15) is 0 Å². The summed E-state index contributed by atoms with van der Waals surface area (Å²) >= 11 is -2.59. The van der Waals surface area contributed by atoms with Gasteiger partial charge in [0.05, 0.1) is 0 Å². The third-order valence-electron chi connectivity index (χ3n) is 6.61. The van der Waals surface area contributed by atoms with Gasteiger partial charge in [-0.3, -0.25) is 0 Å². The Bertz CT molecular complexity index is 555. The predicted molar refractivity (Wildman–Crippen MR) is 121 cm³/mol. The molecule has 4 heteroatoms. The maximum atomic E-state index is 13.0. The van der Waals surface area contributed by atoms with Crippen LogP contribution in [0.5, 0.6) is 0 Å². The van der Waals surface area contributed by atoms with E-state index in [-0.39, 0.29) is 12.1 Å². The summed E-state index contributed by atoms with van der Waals surface area (Å²) in [7, 11) is 0. The van der Waals surface area contributed by atoms with Gasteiger partial charge in [-0.25, -0.2) is 0 Å². The number of nitrogens with zero attached hydrogens (tertiary/aromatic N) is 1. The summed E-state index contributed by atoms with van der Waals surface area (Å²) < 4.78 is 10.4. The molecule has 1 heterocycles. The SMILES string of the molecule is CCC[CH2][Sn]([CH2]CCC)([CH2]CCC)[CH](CC)N1C(=O)OC[C@@H]1c1ccccc1. The molecule has 0 spiro atoms. The van der Waals surface area contributed by atoms with Gasteiger partial charge in [-0.15, -0.1) is 0 Å². The van der Waals surface area contributed by atoms with Gasteiger partial charge in [0.15, 0.2) is 0 Å². The zero-order chi connectivity index (χ0) is 20.4. The predicted octanol–water partition coefficient (Wildman–Crippen LogP) is 7.35. The summed E-state index contributed by atoms with van der Waals surface area (Å²) in [6, 6.07) is 10.6. The molecule has 1 aliphatic heterocycles. The van der Waals surface area contributed by atoms with Gasteiger partial charge in [-0.1, -0.05) is 0 Å². The fourth-order valence-corrected chi connectivity index (χ4v) is 24.1. The van der Waals surface area contributed by atoms with Crippen LogP contribution in [-0.2, 0) is 4.74 Å². The molecule has 0 saturated carbocycles. The Morgan fingerprint density at radius 1 is 0.964 bits per heavy atom. The van der Waals surface area contributed by atoms with Gasteiger partial charge in [0.2, 0.25) is 0 Å². The van der Waals surface area contributed by atoms with Crippen LogP contribution in [0.3, 0.4) is 0 Å². The van der Waals surface area contributed by atoms with Gasteiger partial charge < -0.3 is 0 Å². The van der Waals surface area contributed by atoms with Crippen LogP contribution in [0.25, 0.3) is 0 Å². The average Bonchev–Trinajstić information content (AvgIpc) is 3.11. The van der Waals surface area contributed by atoms with Crippen LogP contribution in [-0.4, -0.2) is 40.0 Å². The van der Waals surface area contributed by atoms with E-state index in [4.69, 9.17) is 4.74 Å². The van der Waals surface area contributed by atoms with Crippen molar-refractivity contribution in [2.24, 2.45) is 0 Å². The number of cyclic esters (lactones) is 1. The third kappa shape index (κ3) is 5.67. The topological polar surface area (TPSA) is 29.5 Å². The fourth-order valence-electron chi connectivity index (χ4n) is 5.09. The number of carbonyl (C=O) groups is 1. The summed E-state index contributed by atoms with van der Waals surface area (Å²) in [5.41, 5.74) is 1.23. The Hall–Kier alpha value is -0.711. The molecule has 2 rings (SSSR count). The molecule has 1 unspecified atom stereocenters. The molecule has 0 bridgehead atoms. The normalized spacial score (nSPS) is 18.4. The van der Waals surface area contributed by atoms with E-state index in [1.165, 1.54) is 57.4 Å². The molecule has 158 valence electrons. The van der Waals surface area contributed by atoms with Crippen LogP contribution < -0.4 is 0 Å². The van der Waals surface area contributed by atoms with E-state index in [0.717, 1.165) is 6.42 Å². The Balaban J connectivity index is 2.41. The van der Waals surface area contributed by atoms with Crippen LogP contribution >= 0.6 is 0 Å². The van der Waals surface area contributed by atoms with Gasteiger partial charge in [0, 0.05) is 0 Å². The Morgan fingerprint density at radius 3 is 1.96 bits per heavy atom. The van der Waals surface area contributed by atoms with Crippen molar-refractivity contribution < 1.29 is 9.53 Å². The standard InChI is InChI=1S/C12H14NO2.3C4H9.Sn/c1-2-8-13-11(9-15-12(13)14)10-6-4-3-5-7-10;3*1-3-4-2;/h3-8,11H,2,9H2,1H3;3*1,3-4H2,2H3;/t11-;;;;/m1..../s1. The zero-order valence-electron chi connectivity index (χ0n) is 18.6. The van der Waals surface area contributed by atoms with Crippen molar-refractivity contribution in [3.05, 3.63) is 35.9 Å². The van der Waals surface area contributed by atoms with Crippen molar-refractivity contribution in [2.75, 3.05) is 6.61 Å². The fraction of sp³-hybridized carbons (Fsp3) is 0.708. The first-order chi connectivity index (χ1) is 13.6. The number of unbranched alkanes of at least 4 members (excludes halogenated alkanes) is 3. The van der Waals surface area contributed by atoms with E-state index in [0.29, 0.717) is 10.7 Å². The summed E-state index contributed by atoms with van der Waals surface area (Å²) in [6.07, 6.45) is 8.81. The molecule has 1 amide bonds. The summed E-state index contributed by atoms with van der Waals surface area (Å²) in [5.74, 6) is 0. The van der Waals surface area contributed by atoms with Crippen LogP contribution in [0, 0.1) is 0 Å². The number of amides is 1. The van der Waals surface area contributed by atoms with Crippen LogP contribution in [0.1, 0.15) is 84.2 Å². The Kier molecular flexibility index (Phi) is 10.2. The van der Waals surface area contributed by atoms with Crippen molar-refractivity contribution in [3.63, 3.8) is 0 Å². The minimum atomic E-state index is -2.59. The minimum absolute atomic E-state index is 0.0636. The second-order valence-electron chi connectivity index (χ2n) is 8.51. The number of carbonyl (C=O) groups excluding carboxylic acids is 1. The summed E-state index contributed by atoms with van der Waals surface area (Å²) in [6.45, 7) is 9.76. The third-order valence-corrected chi connectivity index (χ3v) is 24.2. The molecule has 1 aromatic carbocycles. The molecular weight excluding hydrogens is 453 g/mol. The van der Waals surface area contributed by atoms with E-state index in [9.17, 15) is 4.79 Å². The van der Waals surface area contributed by atoms with Crippen molar-refractivity contribution in [1.29, 1.82) is 0 Å². The molecule has 2 atom stereocenters. The van der Waals surface area contributed by atoms with Crippen molar-refractivity contribution in [1.82, 2.24) is 4.90 Å².